The van der Waals surface area contributed by atoms with Crippen molar-refractivity contribution in [3.05, 3.63) is 54.2 Å². The Bertz CT molecular complexity index is 924. The van der Waals surface area contributed by atoms with Gasteiger partial charge in [-0.1, -0.05) is 5.21 Å². The number of benzene rings is 2. The number of methoxy groups -OCH3 is 1. The third-order valence-electron chi connectivity index (χ3n) is 3.99. The average Bonchev–Trinajstić information content (AvgIpc) is 3.14. The highest BCUT2D eigenvalue weighted by Gasteiger charge is 2.22. The normalized spacial score (nSPS) is 10.5. The quantitative estimate of drug-likeness (QED) is 0.620. The van der Waals surface area contributed by atoms with E-state index < -0.39 is 0 Å². The molecular weight excluding hydrogens is 376 g/mol. The number of thioether (sulfide) groups is 1. The van der Waals surface area contributed by atoms with Crippen LogP contribution in [0.5, 0.6) is 11.5 Å². The zero-order valence-corrected chi connectivity index (χ0v) is 16.8. The topological polar surface area (TPSA) is 78.3 Å². The van der Waals surface area contributed by atoms with Crippen LogP contribution in [0, 0.1) is 0 Å². The molecule has 0 bridgehead atoms. The van der Waals surface area contributed by atoms with Gasteiger partial charge in [0, 0.05) is 11.3 Å². The maximum Gasteiger partial charge on any atom is 0.276 e. The molecule has 0 atom stereocenters. The van der Waals surface area contributed by atoms with Gasteiger partial charge in [0.2, 0.25) is 0 Å². The standard InChI is InChI=1S/C20H22N4O3S/c1-4-27-17-11-7-15(8-12-17)21-20(25)19-18(22-23-24(19)13-28-3)14-5-9-16(26-2)10-6-14/h5-12H,4,13H2,1-3H3,(H,21,25). The van der Waals surface area contributed by atoms with E-state index in [4.69, 9.17) is 9.47 Å². The van der Waals surface area contributed by atoms with Crippen LogP contribution in [-0.2, 0) is 5.88 Å². The first-order valence-electron chi connectivity index (χ1n) is 8.77. The van der Waals surface area contributed by atoms with E-state index in [0.717, 1.165) is 17.1 Å². The van der Waals surface area contributed by atoms with E-state index >= 15 is 0 Å². The molecule has 3 aromatic rings. The molecule has 0 saturated heterocycles. The molecule has 0 aliphatic heterocycles. The van der Waals surface area contributed by atoms with E-state index in [1.54, 1.807) is 35.7 Å². The maximum atomic E-state index is 13.0. The van der Waals surface area contributed by atoms with Crippen LogP contribution >= 0.6 is 11.8 Å². The molecule has 1 amide bonds. The minimum atomic E-state index is -0.269. The highest BCUT2D eigenvalue weighted by molar-refractivity contribution is 7.97. The van der Waals surface area contributed by atoms with Crippen molar-refractivity contribution in [1.82, 2.24) is 15.0 Å². The minimum absolute atomic E-state index is 0.269. The van der Waals surface area contributed by atoms with Crippen molar-refractivity contribution in [2.24, 2.45) is 0 Å². The fourth-order valence-electron chi connectivity index (χ4n) is 2.69. The number of nitrogens with zero attached hydrogens (tertiary/aromatic N) is 3. The fourth-order valence-corrected chi connectivity index (χ4v) is 3.11. The second kappa shape index (κ2) is 9.27. The Balaban J connectivity index is 1.89. The minimum Gasteiger partial charge on any atom is -0.497 e. The summed E-state index contributed by atoms with van der Waals surface area (Å²) in [4.78, 5) is 13.0. The van der Waals surface area contributed by atoms with E-state index in [-0.39, 0.29) is 5.91 Å². The number of hydrogen-bond acceptors (Lipinski definition) is 6. The smallest absolute Gasteiger partial charge is 0.276 e. The number of amides is 1. The molecule has 1 N–H and O–H groups in total. The summed E-state index contributed by atoms with van der Waals surface area (Å²) in [5.74, 6) is 1.75. The summed E-state index contributed by atoms with van der Waals surface area (Å²) in [6.07, 6.45) is 1.95. The van der Waals surface area contributed by atoms with Gasteiger partial charge in [0.1, 0.15) is 17.2 Å². The lowest BCUT2D eigenvalue weighted by Crippen LogP contribution is -2.18. The van der Waals surface area contributed by atoms with E-state index in [0.29, 0.717) is 29.6 Å². The van der Waals surface area contributed by atoms with Crippen LogP contribution in [0.3, 0.4) is 0 Å². The van der Waals surface area contributed by atoms with Crippen molar-refractivity contribution in [2.75, 3.05) is 25.3 Å². The van der Waals surface area contributed by atoms with E-state index in [2.05, 4.69) is 15.6 Å². The van der Waals surface area contributed by atoms with Crippen molar-refractivity contribution >= 4 is 23.4 Å². The average molecular weight is 398 g/mol. The summed E-state index contributed by atoms with van der Waals surface area (Å²) in [5, 5.41) is 11.3. The summed E-state index contributed by atoms with van der Waals surface area (Å²) < 4.78 is 12.2. The maximum absolute atomic E-state index is 13.0. The third-order valence-corrected chi connectivity index (χ3v) is 4.49. The number of hydrogen-bond donors (Lipinski definition) is 1. The Kier molecular flexibility index (Phi) is 6.54. The van der Waals surface area contributed by atoms with E-state index in [1.807, 2.05) is 49.6 Å². The summed E-state index contributed by atoms with van der Waals surface area (Å²) >= 11 is 1.56. The lowest BCUT2D eigenvalue weighted by atomic mass is 10.1. The lowest BCUT2D eigenvalue weighted by molar-refractivity contribution is 0.101. The van der Waals surface area contributed by atoms with Crippen LogP contribution in [0.1, 0.15) is 17.4 Å². The van der Waals surface area contributed by atoms with Crippen LogP contribution < -0.4 is 14.8 Å². The lowest BCUT2D eigenvalue weighted by Gasteiger charge is -2.10. The molecule has 0 fully saturated rings. The molecule has 0 aliphatic rings. The predicted molar refractivity (Wildman–Crippen MR) is 111 cm³/mol. The van der Waals surface area contributed by atoms with Gasteiger partial charge in [-0.2, -0.15) is 0 Å². The Hall–Kier alpha value is -3.00. The van der Waals surface area contributed by atoms with Crippen molar-refractivity contribution in [1.29, 1.82) is 0 Å². The first-order chi connectivity index (χ1) is 13.7. The van der Waals surface area contributed by atoms with Crippen molar-refractivity contribution in [3.63, 3.8) is 0 Å². The number of carbonyl (C=O) groups excluding carboxylic acids is 1. The molecule has 0 aliphatic carbocycles. The van der Waals surface area contributed by atoms with Gasteiger partial charge in [-0.15, -0.1) is 16.9 Å². The van der Waals surface area contributed by atoms with Gasteiger partial charge in [0.05, 0.1) is 19.6 Å². The zero-order valence-electron chi connectivity index (χ0n) is 16.0. The van der Waals surface area contributed by atoms with Gasteiger partial charge >= 0.3 is 0 Å². The molecule has 0 saturated carbocycles. The van der Waals surface area contributed by atoms with E-state index in [1.165, 1.54) is 0 Å². The number of rotatable bonds is 8. The Morgan fingerprint density at radius 2 is 1.79 bits per heavy atom. The number of ether oxygens (including phenoxy) is 2. The van der Waals surface area contributed by atoms with Crippen molar-refractivity contribution < 1.29 is 14.3 Å². The molecule has 2 aromatic carbocycles. The number of aromatic nitrogens is 3. The summed E-state index contributed by atoms with van der Waals surface area (Å²) in [5.41, 5.74) is 2.41. The van der Waals surface area contributed by atoms with Crippen LogP contribution in [-0.4, -0.2) is 40.9 Å². The fraction of sp³-hybridized carbons (Fsp3) is 0.250. The first kappa shape index (κ1) is 19.8. The van der Waals surface area contributed by atoms with Gasteiger partial charge in [0.15, 0.2) is 5.69 Å². The summed E-state index contributed by atoms with van der Waals surface area (Å²) in [6, 6.07) is 14.6. The SMILES string of the molecule is CCOc1ccc(NC(=O)c2c(-c3ccc(OC)cc3)nnn2CSC)cc1. The highest BCUT2D eigenvalue weighted by Crippen LogP contribution is 2.25. The Morgan fingerprint density at radius 1 is 1.11 bits per heavy atom. The predicted octanol–water partition coefficient (Wildman–Crippen LogP) is 3.93. The van der Waals surface area contributed by atoms with Crippen LogP contribution in [0.4, 0.5) is 5.69 Å². The Labute approximate surface area is 168 Å². The molecule has 8 heteroatoms. The van der Waals surface area contributed by atoms with E-state index in [9.17, 15) is 4.79 Å². The molecule has 28 heavy (non-hydrogen) atoms. The number of nitrogens with one attached hydrogen (secondary N) is 1. The number of anilines is 1. The molecule has 146 valence electrons. The second-order valence-corrected chi connectivity index (χ2v) is 6.68. The van der Waals surface area contributed by atoms with Crippen LogP contribution in [0.25, 0.3) is 11.3 Å². The summed E-state index contributed by atoms with van der Waals surface area (Å²) in [6.45, 7) is 2.52. The van der Waals surface area contributed by atoms with Crippen molar-refractivity contribution in [3.8, 4) is 22.8 Å². The third kappa shape index (κ3) is 4.45. The summed E-state index contributed by atoms with van der Waals surface area (Å²) in [7, 11) is 1.61. The molecule has 0 unspecified atom stereocenters. The van der Waals surface area contributed by atoms with Crippen molar-refractivity contribution in [2.45, 2.75) is 12.8 Å². The monoisotopic (exact) mass is 398 g/mol. The zero-order chi connectivity index (χ0) is 19.9. The second-order valence-electron chi connectivity index (χ2n) is 5.84. The molecular formula is C20H22N4O3S. The Morgan fingerprint density at radius 3 is 2.39 bits per heavy atom. The van der Waals surface area contributed by atoms with Gasteiger partial charge in [-0.3, -0.25) is 4.79 Å². The molecule has 0 radical (unpaired) electrons. The van der Waals surface area contributed by atoms with Crippen LogP contribution in [0.2, 0.25) is 0 Å². The van der Waals surface area contributed by atoms with Gasteiger partial charge in [0.25, 0.3) is 5.91 Å². The molecule has 1 aromatic heterocycles. The molecule has 7 nitrogen and oxygen atoms in total. The largest absolute Gasteiger partial charge is 0.497 e. The van der Waals surface area contributed by atoms with Gasteiger partial charge in [-0.05, 0) is 61.7 Å². The molecule has 3 rings (SSSR count). The first-order valence-corrected chi connectivity index (χ1v) is 10.2. The van der Waals surface area contributed by atoms with Gasteiger partial charge in [-0.25, -0.2) is 4.68 Å². The molecule has 1 heterocycles. The van der Waals surface area contributed by atoms with Gasteiger partial charge < -0.3 is 14.8 Å². The number of carbonyl (C=O) groups is 1. The van der Waals surface area contributed by atoms with Crippen LogP contribution in [0.15, 0.2) is 48.5 Å². The highest BCUT2D eigenvalue weighted by atomic mass is 32.2. The molecule has 0 spiro atoms.